The maximum absolute atomic E-state index is 3.78. The minimum absolute atomic E-state index is 0.261. The lowest BCUT2D eigenvalue weighted by Crippen LogP contribution is -2.34. The van der Waals surface area contributed by atoms with Gasteiger partial charge in [0.05, 0.1) is 5.41 Å². The lowest BCUT2D eigenvalue weighted by molar-refractivity contribution is 0.633. The van der Waals surface area contributed by atoms with Crippen molar-refractivity contribution in [2.24, 2.45) is 0 Å². The third-order valence-corrected chi connectivity index (χ3v) is 5.13. The maximum atomic E-state index is 3.78. The van der Waals surface area contributed by atoms with E-state index >= 15 is 0 Å². The Morgan fingerprint density at radius 1 is 0.652 bits per heavy atom. The summed E-state index contributed by atoms with van der Waals surface area (Å²) in [6, 6.07) is 30.0. The van der Waals surface area contributed by atoms with Crippen molar-refractivity contribution < 1.29 is 0 Å². The molecule has 0 amide bonds. The molecule has 0 aromatic heterocycles. The van der Waals surface area contributed by atoms with Gasteiger partial charge in [0.15, 0.2) is 0 Å². The average Bonchev–Trinajstić information content (AvgIpc) is 2.59. The van der Waals surface area contributed by atoms with E-state index in [-0.39, 0.29) is 5.41 Å². The predicted molar refractivity (Wildman–Crippen MR) is 101 cm³/mol. The zero-order chi connectivity index (χ0) is 16.3. The van der Waals surface area contributed by atoms with Crippen LogP contribution in [0, 0.1) is 5.92 Å². The summed E-state index contributed by atoms with van der Waals surface area (Å²) in [6.45, 7) is 4.44. The van der Waals surface area contributed by atoms with Crippen LogP contribution < -0.4 is 0 Å². The van der Waals surface area contributed by atoms with E-state index in [4.69, 9.17) is 0 Å². The smallest absolute Gasteiger partial charge is 0.0518 e. The molecule has 115 valence electrons. The zero-order valence-electron chi connectivity index (χ0n) is 13.5. The molecule has 0 saturated heterocycles. The van der Waals surface area contributed by atoms with E-state index in [1.54, 1.807) is 0 Å². The van der Waals surface area contributed by atoms with Crippen molar-refractivity contribution in [2.75, 3.05) is 0 Å². The molecule has 0 N–H and O–H groups in total. The molecule has 0 aliphatic rings. The highest BCUT2D eigenvalue weighted by Gasteiger charge is 2.40. The molecule has 0 aliphatic carbocycles. The first-order valence-electron chi connectivity index (χ1n) is 7.84. The van der Waals surface area contributed by atoms with Gasteiger partial charge in [-0.25, -0.2) is 0 Å². The first-order valence-corrected chi connectivity index (χ1v) is 8.63. The second-order valence-corrected chi connectivity index (χ2v) is 6.82. The number of rotatable bonds is 4. The monoisotopic (exact) mass is 363 g/mol. The van der Waals surface area contributed by atoms with Crippen molar-refractivity contribution in [2.45, 2.75) is 19.3 Å². The van der Waals surface area contributed by atoms with E-state index in [0.717, 1.165) is 4.47 Å². The first-order chi connectivity index (χ1) is 11.2. The first kappa shape index (κ1) is 16.0. The molecule has 1 heteroatoms. The molecule has 0 spiro atoms. The molecule has 0 fully saturated rings. The van der Waals surface area contributed by atoms with Crippen molar-refractivity contribution in [3.8, 4) is 0 Å². The van der Waals surface area contributed by atoms with Gasteiger partial charge < -0.3 is 0 Å². The van der Waals surface area contributed by atoms with Gasteiger partial charge in [0.1, 0.15) is 0 Å². The summed E-state index contributed by atoms with van der Waals surface area (Å²) >= 11 is 3.78. The van der Waals surface area contributed by atoms with E-state index in [0.29, 0.717) is 0 Å². The summed E-state index contributed by atoms with van der Waals surface area (Å²) < 4.78 is 1.13. The molecular formula is C22H20Br. The summed E-state index contributed by atoms with van der Waals surface area (Å²) in [5.74, 6) is 1.35. The van der Waals surface area contributed by atoms with Crippen LogP contribution in [0.3, 0.4) is 0 Å². The molecule has 3 aromatic rings. The molecular weight excluding hydrogens is 344 g/mol. The lowest BCUT2D eigenvalue weighted by Gasteiger charge is -2.40. The van der Waals surface area contributed by atoms with E-state index < -0.39 is 0 Å². The highest BCUT2D eigenvalue weighted by atomic mass is 79.9. The fraction of sp³-hybridized carbons (Fsp3) is 0.136. The van der Waals surface area contributed by atoms with E-state index in [1.165, 1.54) is 22.6 Å². The molecule has 0 aliphatic heterocycles. The highest BCUT2D eigenvalue weighted by Crippen LogP contribution is 2.48. The SMILES string of the molecule is C[C](C)C(c1ccccc1)(c1ccccc1)c1ccccc1Br. The second kappa shape index (κ2) is 6.72. The molecule has 0 bridgehead atoms. The maximum Gasteiger partial charge on any atom is 0.0518 e. The number of halogens is 1. The molecule has 0 atom stereocenters. The largest absolute Gasteiger partial charge is 0.0622 e. The zero-order valence-corrected chi connectivity index (χ0v) is 15.0. The van der Waals surface area contributed by atoms with Crippen LogP contribution in [0.15, 0.2) is 89.4 Å². The Labute approximate surface area is 147 Å². The Balaban J connectivity index is 2.39. The summed E-state index contributed by atoms with van der Waals surface area (Å²) in [4.78, 5) is 0. The van der Waals surface area contributed by atoms with Gasteiger partial charge in [-0.05, 0) is 28.7 Å². The van der Waals surface area contributed by atoms with Gasteiger partial charge in [0.25, 0.3) is 0 Å². The van der Waals surface area contributed by atoms with Crippen LogP contribution in [-0.4, -0.2) is 0 Å². The summed E-state index contributed by atoms with van der Waals surface area (Å²) in [6.07, 6.45) is 0. The predicted octanol–water partition coefficient (Wildman–Crippen LogP) is 6.40. The molecule has 0 saturated carbocycles. The summed E-state index contributed by atoms with van der Waals surface area (Å²) in [7, 11) is 0. The fourth-order valence-electron chi connectivity index (χ4n) is 3.47. The van der Waals surface area contributed by atoms with Crippen molar-refractivity contribution in [1.29, 1.82) is 0 Å². The highest BCUT2D eigenvalue weighted by molar-refractivity contribution is 9.10. The van der Waals surface area contributed by atoms with Crippen LogP contribution in [0.4, 0.5) is 0 Å². The lowest BCUT2D eigenvalue weighted by atomic mass is 9.63. The Morgan fingerprint density at radius 3 is 1.52 bits per heavy atom. The number of hydrogen-bond donors (Lipinski definition) is 0. The summed E-state index contributed by atoms with van der Waals surface area (Å²) in [5, 5.41) is 0. The summed E-state index contributed by atoms with van der Waals surface area (Å²) in [5.41, 5.74) is 3.59. The molecule has 3 aromatic carbocycles. The van der Waals surface area contributed by atoms with E-state index in [9.17, 15) is 0 Å². The Hall–Kier alpha value is -1.86. The van der Waals surface area contributed by atoms with Crippen LogP contribution in [-0.2, 0) is 5.41 Å². The van der Waals surface area contributed by atoms with Crippen molar-refractivity contribution >= 4 is 15.9 Å². The minimum atomic E-state index is -0.261. The van der Waals surface area contributed by atoms with Gasteiger partial charge >= 0.3 is 0 Å². The van der Waals surface area contributed by atoms with Crippen LogP contribution >= 0.6 is 15.9 Å². The van der Waals surface area contributed by atoms with Gasteiger partial charge in [0, 0.05) is 4.47 Å². The Bertz CT molecular complexity index is 721. The van der Waals surface area contributed by atoms with Crippen LogP contribution in [0.2, 0.25) is 0 Å². The quantitative estimate of drug-likeness (QED) is 0.470. The molecule has 0 heterocycles. The molecule has 0 nitrogen and oxygen atoms in total. The number of benzene rings is 3. The normalized spacial score (nSPS) is 11.7. The average molecular weight is 364 g/mol. The third kappa shape index (κ3) is 2.74. The van der Waals surface area contributed by atoms with Gasteiger partial charge in [0.2, 0.25) is 0 Å². The topological polar surface area (TPSA) is 0 Å². The molecule has 23 heavy (non-hydrogen) atoms. The molecule has 0 unspecified atom stereocenters. The van der Waals surface area contributed by atoms with E-state index in [2.05, 4.69) is 115 Å². The minimum Gasteiger partial charge on any atom is -0.0622 e. The van der Waals surface area contributed by atoms with E-state index in [1.807, 2.05) is 0 Å². The van der Waals surface area contributed by atoms with Crippen molar-refractivity contribution in [3.63, 3.8) is 0 Å². The Morgan fingerprint density at radius 2 is 1.09 bits per heavy atom. The number of hydrogen-bond acceptors (Lipinski definition) is 0. The molecule has 1 radical (unpaired) electrons. The third-order valence-electron chi connectivity index (χ3n) is 4.44. The second-order valence-electron chi connectivity index (χ2n) is 5.96. The van der Waals surface area contributed by atoms with Crippen LogP contribution in [0.25, 0.3) is 0 Å². The Kier molecular flexibility index (Phi) is 4.68. The van der Waals surface area contributed by atoms with Gasteiger partial charge in [-0.1, -0.05) is 109 Å². The fourth-order valence-corrected chi connectivity index (χ4v) is 4.05. The van der Waals surface area contributed by atoms with Gasteiger partial charge in [-0.3, -0.25) is 0 Å². The van der Waals surface area contributed by atoms with Gasteiger partial charge in [-0.15, -0.1) is 0 Å². The van der Waals surface area contributed by atoms with Crippen LogP contribution in [0.1, 0.15) is 30.5 Å². The standard InChI is InChI=1S/C22H20Br/c1-17(2)22(18-11-5-3-6-12-18,19-13-7-4-8-14-19)20-15-9-10-16-21(20)23/h3-16H,1-2H3. The van der Waals surface area contributed by atoms with Crippen molar-refractivity contribution in [1.82, 2.24) is 0 Å². The molecule has 3 rings (SSSR count). The van der Waals surface area contributed by atoms with Crippen molar-refractivity contribution in [3.05, 3.63) is 112 Å². The van der Waals surface area contributed by atoms with Crippen LogP contribution in [0.5, 0.6) is 0 Å². The van der Waals surface area contributed by atoms with Gasteiger partial charge in [-0.2, -0.15) is 0 Å².